The topological polar surface area (TPSA) is 91.2 Å². The van der Waals surface area contributed by atoms with Crippen LogP contribution < -0.4 is 10.2 Å². The number of hydrazone groups is 1. The summed E-state index contributed by atoms with van der Waals surface area (Å²) in [4.78, 5) is 11.0. The maximum atomic E-state index is 11.0. The van der Waals surface area contributed by atoms with Crippen LogP contribution in [0.1, 0.15) is 22.8 Å². The molecular formula is C16H14BrClN2O4. The quantitative estimate of drug-likeness (QED) is 0.484. The molecule has 0 spiro atoms. The Morgan fingerprint density at radius 1 is 1.42 bits per heavy atom. The van der Waals surface area contributed by atoms with Gasteiger partial charge in [0.05, 0.1) is 33.6 Å². The van der Waals surface area contributed by atoms with Crippen molar-refractivity contribution in [2.75, 3.05) is 12.0 Å². The first-order valence-corrected chi connectivity index (χ1v) is 8.06. The van der Waals surface area contributed by atoms with Crippen LogP contribution in [0, 0.1) is 0 Å². The Balaban J connectivity index is 2.17. The highest BCUT2D eigenvalue weighted by molar-refractivity contribution is 9.10. The first kappa shape index (κ1) is 18.1. The third-order valence-corrected chi connectivity index (χ3v) is 3.89. The normalized spacial score (nSPS) is 10.8. The average molecular weight is 414 g/mol. The zero-order valence-electron chi connectivity index (χ0n) is 12.6. The van der Waals surface area contributed by atoms with E-state index in [1.807, 2.05) is 6.92 Å². The number of hydrogen-bond donors (Lipinski definition) is 3. The number of carboxylic acids is 1. The molecule has 8 heteroatoms. The fourth-order valence-electron chi connectivity index (χ4n) is 1.87. The van der Waals surface area contributed by atoms with Crippen molar-refractivity contribution in [1.82, 2.24) is 0 Å². The van der Waals surface area contributed by atoms with Crippen LogP contribution in [0.4, 0.5) is 5.69 Å². The number of nitrogens with one attached hydrogen (secondary N) is 1. The number of hydrogen-bond acceptors (Lipinski definition) is 5. The van der Waals surface area contributed by atoms with Gasteiger partial charge in [0, 0.05) is 0 Å². The first-order valence-electron chi connectivity index (χ1n) is 6.89. The fraction of sp³-hybridized carbons (Fsp3) is 0.125. The molecule has 0 amide bonds. The van der Waals surface area contributed by atoms with E-state index in [2.05, 4.69) is 26.5 Å². The van der Waals surface area contributed by atoms with Crippen LogP contribution in [-0.2, 0) is 0 Å². The third-order valence-electron chi connectivity index (χ3n) is 2.95. The predicted molar refractivity (Wildman–Crippen MR) is 96.6 cm³/mol. The summed E-state index contributed by atoms with van der Waals surface area (Å²) >= 11 is 9.06. The molecule has 0 aliphatic rings. The number of ether oxygens (including phenoxy) is 1. The smallest absolute Gasteiger partial charge is 0.337 e. The molecule has 6 nitrogen and oxygen atoms in total. The Morgan fingerprint density at radius 2 is 2.17 bits per heavy atom. The minimum Gasteiger partial charge on any atom is -0.503 e. The van der Waals surface area contributed by atoms with Crippen molar-refractivity contribution < 1.29 is 19.7 Å². The molecule has 0 bridgehead atoms. The van der Waals surface area contributed by atoms with Gasteiger partial charge >= 0.3 is 5.97 Å². The second-order valence-corrected chi connectivity index (χ2v) is 5.91. The van der Waals surface area contributed by atoms with Gasteiger partial charge in [0.1, 0.15) is 0 Å². The van der Waals surface area contributed by atoms with Gasteiger partial charge in [0.25, 0.3) is 0 Å². The second kappa shape index (κ2) is 8.03. The molecule has 0 saturated heterocycles. The molecule has 0 saturated carbocycles. The maximum Gasteiger partial charge on any atom is 0.337 e. The number of aromatic carboxylic acids is 1. The van der Waals surface area contributed by atoms with E-state index < -0.39 is 5.97 Å². The number of nitrogens with zero attached hydrogens (tertiary/aromatic N) is 1. The van der Waals surface area contributed by atoms with Gasteiger partial charge in [0.15, 0.2) is 11.5 Å². The largest absolute Gasteiger partial charge is 0.503 e. The molecule has 2 rings (SSSR count). The van der Waals surface area contributed by atoms with Crippen molar-refractivity contribution in [3.05, 3.63) is 51.0 Å². The zero-order chi connectivity index (χ0) is 17.7. The van der Waals surface area contributed by atoms with E-state index in [-0.39, 0.29) is 16.3 Å². The number of carbonyl (C=O) groups is 1. The van der Waals surface area contributed by atoms with Crippen molar-refractivity contribution in [3.8, 4) is 11.5 Å². The highest BCUT2D eigenvalue weighted by Crippen LogP contribution is 2.35. The molecule has 0 radical (unpaired) electrons. The lowest BCUT2D eigenvalue weighted by atomic mass is 10.2. The molecular weight excluding hydrogens is 400 g/mol. The number of aromatic hydroxyl groups is 1. The molecule has 2 aromatic carbocycles. The Hall–Kier alpha value is -2.25. The molecule has 0 unspecified atom stereocenters. The van der Waals surface area contributed by atoms with Crippen LogP contribution in [0.15, 0.2) is 39.9 Å². The highest BCUT2D eigenvalue weighted by atomic mass is 79.9. The number of carboxylic acid groups (broad SMARTS) is 1. The van der Waals surface area contributed by atoms with Crippen molar-refractivity contribution in [1.29, 1.82) is 0 Å². The first-order chi connectivity index (χ1) is 11.4. The van der Waals surface area contributed by atoms with Crippen LogP contribution in [0.25, 0.3) is 0 Å². The predicted octanol–water partition coefficient (Wildman–Crippen LogP) is 4.35. The Bertz CT molecular complexity index is 796. The number of rotatable bonds is 6. The second-order valence-electron chi connectivity index (χ2n) is 4.65. The lowest BCUT2D eigenvalue weighted by Gasteiger charge is -2.08. The number of phenolic OH excluding ortho intramolecular Hbond substituents is 1. The van der Waals surface area contributed by atoms with Crippen LogP contribution >= 0.6 is 27.5 Å². The molecule has 2 aromatic rings. The van der Waals surface area contributed by atoms with Crippen molar-refractivity contribution in [3.63, 3.8) is 0 Å². The molecule has 0 aromatic heterocycles. The van der Waals surface area contributed by atoms with E-state index in [0.29, 0.717) is 28.1 Å². The summed E-state index contributed by atoms with van der Waals surface area (Å²) in [5, 5.41) is 23.1. The molecule has 3 N–H and O–H groups in total. The summed E-state index contributed by atoms with van der Waals surface area (Å²) in [6, 6.07) is 7.80. The molecule has 126 valence electrons. The van der Waals surface area contributed by atoms with E-state index in [1.54, 1.807) is 18.2 Å². The van der Waals surface area contributed by atoms with Gasteiger partial charge in [-0.3, -0.25) is 5.43 Å². The van der Waals surface area contributed by atoms with Gasteiger partial charge in [-0.1, -0.05) is 11.6 Å². The monoisotopic (exact) mass is 412 g/mol. The number of halogens is 2. The Labute approximate surface area is 151 Å². The van der Waals surface area contributed by atoms with Crippen LogP contribution in [-0.4, -0.2) is 29.0 Å². The molecule has 0 aliphatic heterocycles. The van der Waals surface area contributed by atoms with E-state index in [0.717, 1.165) is 0 Å². The molecule has 0 atom stereocenters. The summed E-state index contributed by atoms with van der Waals surface area (Å²) < 4.78 is 5.82. The lowest BCUT2D eigenvalue weighted by Crippen LogP contribution is -1.99. The van der Waals surface area contributed by atoms with E-state index >= 15 is 0 Å². The summed E-state index contributed by atoms with van der Waals surface area (Å²) in [6.07, 6.45) is 1.52. The van der Waals surface area contributed by atoms with Gasteiger partial charge in [-0.15, -0.1) is 0 Å². The van der Waals surface area contributed by atoms with E-state index in [1.165, 1.54) is 18.3 Å². The lowest BCUT2D eigenvalue weighted by molar-refractivity contribution is 0.0697. The average Bonchev–Trinajstić information content (AvgIpc) is 2.53. The minimum atomic E-state index is -1.11. The molecule has 0 aliphatic carbocycles. The van der Waals surface area contributed by atoms with Gasteiger partial charge < -0.3 is 14.9 Å². The van der Waals surface area contributed by atoms with E-state index in [4.69, 9.17) is 21.4 Å². The van der Waals surface area contributed by atoms with Gasteiger partial charge in [-0.2, -0.15) is 5.10 Å². The summed E-state index contributed by atoms with van der Waals surface area (Å²) in [6.45, 7) is 2.23. The van der Waals surface area contributed by atoms with Gasteiger partial charge in [-0.25, -0.2) is 4.79 Å². The Kier molecular flexibility index (Phi) is 6.05. The maximum absolute atomic E-state index is 11.0. The third kappa shape index (κ3) is 4.39. The van der Waals surface area contributed by atoms with Crippen LogP contribution in [0.3, 0.4) is 0 Å². The molecule has 24 heavy (non-hydrogen) atoms. The van der Waals surface area contributed by atoms with Crippen molar-refractivity contribution in [2.24, 2.45) is 5.10 Å². The standard InChI is InChI=1S/C16H14BrClN2O4/c1-2-24-14-6-9(5-12(17)15(14)21)8-19-20-10-3-4-13(18)11(7-10)16(22)23/h3-8,20-21H,2H2,1H3,(H,22,23). The number of phenols is 1. The van der Waals surface area contributed by atoms with Gasteiger partial charge in [0.2, 0.25) is 0 Å². The summed E-state index contributed by atoms with van der Waals surface area (Å²) in [5.41, 5.74) is 3.88. The summed E-state index contributed by atoms with van der Waals surface area (Å²) in [7, 11) is 0. The highest BCUT2D eigenvalue weighted by Gasteiger charge is 2.10. The number of anilines is 1. The van der Waals surface area contributed by atoms with Gasteiger partial charge in [-0.05, 0) is 58.7 Å². The Morgan fingerprint density at radius 3 is 2.83 bits per heavy atom. The molecule has 0 fully saturated rings. The fourth-order valence-corrected chi connectivity index (χ4v) is 2.53. The van der Waals surface area contributed by atoms with Crippen molar-refractivity contribution >= 4 is 45.4 Å². The summed E-state index contributed by atoms with van der Waals surface area (Å²) in [5.74, 6) is -0.754. The van der Waals surface area contributed by atoms with Crippen LogP contribution in [0.5, 0.6) is 11.5 Å². The zero-order valence-corrected chi connectivity index (χ0v) is 14.9. The minimum absolute atomic E-state index is 0.0112. The van der Waals surface area contributed by atoms with Crippen molar-refractivity contribution in [2.45, 2.75) is 6.92 Å². The number of benzene rings is 2. The van der Waals surface area contributed by atoms with Crippen LogP contribution in [0.2, 0.25) is 5.02 Å². The molecule has 0 heterocycles. The SMILES string of the molecule is CCOc1cc(C=NNc2ccc(Cl)c(C(=O)O)c2)cc(Br)c1O. The van der Waals surface area contributed by atoms with E-state index in [9.17, 15) is 9.90 Å².